The van der Waals surface area contributed by atoms with Gasteiger partial charge in [-0.2, -0.15) is 0 Å². The van der Waals surface area contributed by atoms with Gasteiger partial charge in [0.15, 0.2) is 5.96 Å². The third-order valence-corrected chi connectivity index (χ3v) is 4.79. The second-order valence-corrected chi connectivity index (χ2v) is 9.45. The van der Waals surface area contributed by atoms with Gasteiger partial charge in [-0.05, 0) is 20.8 Å². The lowest BCUT2D eigenvalue weighted by atomic mass is 9.93. The van der Waals surface area contributed by atoms with Crippen LogP contribution in [0.15, 0.2) is 10.4 Å². The number of hydrogen-bond acceptors (Lipinski definition) is 5. The number of thiazole rings is 1. The van der Waals surface area contributed by atoms with E-state index in [4.69, 9.17) is 10.5 Å². The van der Waals surface area contributed by atoms with Gasteiger partial charge in [-0.1, -0.05) is 20.8 Å². The molecule has 1 amide bonds. The Morgan fingerprint density at radius 3 is 2.22 bits per heavy atom. The summed E-state index contributed by atoms with van der Waals surface area (Å²) in [4.78, 5) is 24.9. The number of carbonyl (C=O) groups is 1. The van der Waals surface area contributed by atoms with Crippen molar-refractivity contribution in [3.8, 4) is 0 Å². The Hall–Kier alpha value is -1.10. The monoisotopic (exact) mass is 509 g/mol. The van der Waals surface area contributed by atoms with E-state index in [1.54, 1.807) is 16.2 Å². The van der Waals surface area contributed by atoms with Crippen LogP contribution in [0.25, 0.3) is 0 Å². The molecular weight excluding hydrogens is 477 g/mol. The molecule has 27 heavy (non-hydrogen) atoms. The number of nitrogens with zero attached hydrogens (tertiary/aromatic N) is 4. The predicted octanol–water partition coefficient (Wildman–Crippen LogP) is 3.43. The molecule has 1 aliphatic heterocycles. The molecule has 0 saturated carbocycles. The summed E-state index contributed by atoms with van der Waals surface area (Å²) < 4.78 is 5.41. The Morgan fingerprint density at radius 1 is 1.19 bits per heavy atom. The molecule has 1 aliphatic rings. The molecule has 2 heterocycles. The van der Waals surface area contributed by atoms with Crippen molar-refractivity contribution in [1.29, 1.82) is 0 Å². The largest absolute Gasteiger partial charge is 0.444 e. The van der Waals surface area contributed by atoms with E-state index in [1.165, 1.54) is 0 Å². The molecule has 2 N–H and O–H groups in total. The quantitative estimate of drug-likeness (QED) is 0.375. The van der Waals surface area contributed by atoms with Crippen molar-refractivity contribution >= 4 is 47.4 Å². The van der Waals surface area contributed by atoms with Crippen molar-refractivity contribution in [3.05, 3.63) is 16.1 Å². The number of halogens is 1. The molecule has 0 radical (unpaired) electrons. The van der Waals surface area contributed by atoms with E-state index in [9.17, 15) is 4.79 Å². The first-order valence-electron chi connectivity index (χ1n) is 8.93. The summed E-state index contributed by atoms with van der Waals surface area (Å²) in [6, 6.07) is 0. The molecule has 9 heteroatoms. The van der Waals surface area contributed by atoms with Crippen molar-refractivity contribution in [2.24, 2.45) is 10.7 Å². The highest BCUT2D eigenvalue weighted by Crippen LogP contribution is 2.24. The molecule has 0 aliphatic carbocycles. The maximum absolute atomic E-state index is 12.1. The van der Waals surface area contributed by atoms with Crippen molar-refractivity contribution in [2.75, 3.05) is 26.2 Å². The summed E-state index contributed by atoms with van der Waals surface area (Å²) >= 11 is 1.61. The number of aliphatic imine (C=N–C) groups is 1. The van der Waals surface area contributed by atoms with Gasteiger partial charge in [0.1, 0.15) is 10.6 Å². The average Bonchev–Trinajstić information content (AvgIpc) is 3.00. The first kappa shape index (κ1) is 23.9. The minimum absolute atomic E-state index is 0. The molecule has 1 aromatic heterocycles. The van der Waals surface area contributed by atoms with Crippen LogP contribution in [0.1, 0.15) is 52.2 Å². The molecule has 1 fully saturated rings. The second-order valence-electron chi connectivity index (χ2n) is 8.51. The van der Waals surface area contributed by atoms with Crippen molar-refractivity contribution < 1.29 is 9.53 Å². The van der Waals surface area contributed by atoms with Gasteiger partial charge in [-0.3, -0.25) is 0 Å². The van der Waals surface area contributed by atoms with Gasteiger partial charge in [0.25, 0.3) is 0 Å². The highest BCUT2D eigenvalue weighted by Gasteiger charge is 2.26. The number of amides is 1. The van der Waals surface area contributed by atoms with Crippen LogP contribution in [-0.4, -0.2) is 58.6 Å². The highest BCUT2D eigenvalue weighted by molar-refractivity contribution is 14.0. The predicted molar refractivity (Wildman–Crippen MR) is 121 cm³/mol. The SMILES string of the molecule is CC(C)(C)OC(=O)N1CCN(C(N)=NCc2nc(C(C)(C)C)cs2)CC1.I. The third-order valence-electron chi connectivity index (χ3n) is 3.95. The van der Waals surface area contributed by atoms with Crippen LogP contribution in [0, 0.1) is 0 Å². The number of nitrogens with two attached hydrogens (primary N) is 1. The lowest BCUT2D eigenvalue weighted by Crippen LogP contribution is -2.53. The Morgan fingerprint density at radius 2 is 1.74 bits per heavy atom. The minimum Gasteiger partial charge on any atom is -0.444 e. The topological polar surface area (TPSA) is 84.0 Å². The summed E-state index contributed by atoms with van der Waals surface area (Å²) in [6.07, 6.45) is -0.273. The Bertz CT molecular complexity index is 655. The van der Waals surface area contributed by atoms with Gasteiger partial charge in [0.05, 0.1) is 12.2 Å². The molecule has 154 valence electrons. The third kappa shape index (κ3) is 7.44. The summed E-state index contributed by atoms with van der Waals surface area (Å²) in [5, 5.41) is 3.05. The number of piperazine rings is 1. The van der Waals surface area contributed by atoms with Crippen molar-refractivity contribution in [1.82, 2.24) is 14.8 Å². The van der Waals surface area contributed by atoms with Crippen LogP contribution in [0.4, 0.5) is 4.79 Å². The number of aromatic nitrogens is 1. The number of carbonyl (C=O) groups excluding carboxylic acids is 1. The molecule has 1 saturated heterocycles. The van der Waals surface area contributed by atoms with Gasteiger partial charge in [0, 0.05) is 37.0 Å². The van der Waals surface area contributed by atoms with E-state index in [0.29, 0.717) is 38.7 Å². The fraction of sp³-hybridized carbons (Fsp3) is 0.722. The Kier molecular flexibility index (Phi) is 8.33. The van der Waals surface area contributed by atoms with Crippen LogP contribution in [0.5, 0.6) is 0 Å². The van der Waals surface area contributed by atoms with E-state index in [0.717, 1.165) is 10.7 Å². The van der Waals surface area contributed by atoms with Gasteiger partial charge in [-0.15, -0.1) is 35.3 Å². The number of ether oxygens (including phenoxy) is 1. The fourth-order valence-corrected chi connectivity index (χ4v) is 3.37. The van der Waals surface area contributed by atoms with E-state index in [1.807, 2.05) is 25.7 Å². The van der Waals surface area contributed by atoms with Gasteiger partial charge in [0.2, 0.25) is 0 Å². The molecule has 0 unspecified atom stereocenters. The van der Waals surface area contributed by atoms with Crippen LogP contribution in [-0.2, 0) is 16.7 Å². The van der Waals surface area contributed by atoms with Crippen molar-refractivity contribution in [2.45, 2.75) is 59.1 Å². The summed E-state index contributed by atoms with van der Waals surface area (Å²) in [5.41, 5.74) is 6.78. The molecule has 7 nitrogen and oxygen atoms in total. The first-order chi connectivity index (χ1) is 12.0. The van der Waals surface area contributed by atoms with E-state index < -0.39 is 5.60 Å². The van der Waals surface area contributed by atoms with E-state index >= 15 is 0 Å². The molecule has 0 atom stereocenters. The zero-order chi connectivity index (χ0) is 19.5. The number of guanidine groups is 1. The van der Waals surface area contributed by atoms with Crippen LogP contribution < -0.4 is 5.73 Å². The second kappa shape index (κ2) is 9.40. The lowest BCUT2D eigenvalue weighted by molar-refractivity contribution is 0.0186. The fourth-order valence-electron chi connectivity index (χ4n) is 2.42. The van der Waals surface area contributed by atoms with Crippen molar-refractivity contribution in [3.63, 3.8) is 0 Å². The molecule has 0 spiro atoms. The molecule has 1 aromatic rings. The van der Waals surface area contributed by atoms with Crippen LogP contribution in [0.3, 0.4) is 0 Å². The standard InChI is InChI=1S/C18H31N5O2S.HI/c1-17(2,3)13-12-26-14(21-13)11-20-15(19)22-7-9-23(10-8-22)16(24)25-18(4,5)6;/h12H,7-11H2,1-6H3,(H2,19,20);1H. The van der Waals surface area contributed by atoms with Gasteiger partial charge in [-0.25, -0.2) is 14.8 Å². The Balaban J connectivity index is 0.00000364. The molecule has 0 bridgehead atoms. The average molecular weight is 509 g/mol. The molecular formula is C18H32IN5O2S. The number of hydrogen-bond donors (Lipinski definition) is 1. The molecule has 0 aromatic carbocycles. The van der Waals surface area contributed by atoms with Gasteiger partial charge >= 0.3 is 6.09 Å². The van der Waals surface area contributed by atoms with E-state index in [2.05, 4.69) is 36.1 Å². The first-order valence-corrected chi connectivity index (χ1v) is 9.81. The summed E-state index contributed by atoms with van der Waals surface area (Å²) in [5.74, 6) is 0.501. The zero-order valence-electron chi connectivity index (χ0n) is 17.1. The lowest BCUT2D eigenvalue weighted by Gasteiger charge is -2.36. The number of rotatable bonds is 2. The van der Waals surface area contributed by atoms with Gasteiger partial charge < -0.3 is 20.3 Å². The Labute approximate surface area is 183 Å². The minimum atomic E-state index is -0.478. The highest BCUT2D eigenvalue weighted by atomic mass is 127. The summed E-state index contributed by atoms with van der Waals surface area (Å²) in [7, 11) is 0. The maximum Gasteiger partial charge on any atom is 0.410 e. The van der Waals surface area contributed by atoms with Crippen LogP contribution in [0.2, 0.25) is 0 Å². The normalized spacial score (nSPS) is 16.1. The zero-order valence-corrected chi connectivity index (χ0v) is 20.3. The molecule has 2 rings (SSSR count). The van der Waals surface area contributed by atoms with Crippen LogP contribution >= 0.6 is 35.3 Å². The smallest absolute Gasteiger partial charge is 0.410 e. The summed E-state index contributed by atoms with van der Waals surface area (Å²) in [6.45, 7) is 15.0. The maximum atomic E-state index is 12.1. The van der Waals surface area contributed by atoms with E-state index in [-0.39, 0.29) is 35.5 Å².